The topological polar surface area (TPSA) is 57.6 Å². The molecular formula is C15H21F2NO3S. The van der Waals surface area contributed by atoms with Crippen molar-refractivity contribution in [1.29, 1.82) is 0 Å². The number of hydrogen-bond acceptors (Lipinski definition) is 3. The molecule has 0 aliphatic carbocycles. The molecule has 0 aromatic heterocycles. The average Bonchev–Trinajstić information content (AvgIpc) is 2.50. The first kappa shape index (κ1) is 17.3. The summed E-state index contributed by atoms with van der Waals surface area (Å²) in [7, 11) is -4.06. The highest BCUT2D eigenvalue weighted by Gasteiger charge is 2.38. The zero-order valence-corrected chi connectivity index (χ0v) is 13.6. The molecule has 1 aromatic carbocycles. The Hall–Kier alpha value is -1.05. The summed E-state index contributed by atoms with van der Waals surface area (Å²) in [5, 5.41) is 9.48. The fourth-order valence-corrected chi connectivity index (χ4v) is 4.29. The molecule has 2 rings (SSSR count). The number of aliphatic hydroxyl groups excluding tert-OH is 1. The van der Waals surface area contributed by atoms with Crippen molar-refractivity contribution in [2.75, 3.05) is 19.7 Å². The summed E-state index contributed by atoms with van der Waals surface area (Å²) in [4.78, 5) is -0.622. The Morgan fingerprint density at radius 1 is 1.23 bits per heavy atom. The summed E-state index contributed by atoms with van der Waals surface area (Å²) in [6, 6.07) is 1.64. The number of rotatable bonds is 4. The van der Waals surface area contributed by atoms with E-state index in [-0.39, 0.29) is 30.7 Å². The second-order valence-corrected chi connectivity index (χ2v) is 7.85. The second-order valence-electron chi connectivity index (χ2n) is 5.95. The van der Waals surface area contributed by atoms with Crippen molar-refractivity contribution >= 4 is 10.0 Å². The molecule has 1 saturated heterocycles. The lowest BCUT2D eigenvalue weighted by molar-refractivity contribution is 0.0647. The molecule has 0 atom stereocenters. The molecule has 0 unspecified atom stereocenters. The predicted octanol–water partition coefficient (Wildman–Crippen LogP) is 2.45. The molecule has 4 nitrogen and oxygen atoms in total. The van der Waals surface area contributed by atoms with E-state index >= 15 is 0 Å². The number of piperidine rings is 1. The Morgan fingerprint density at radius 3 is 2.32 bits per heavy atom. The Balaban J connectivity index is 2.28. The van der Waals surface area contributed by atoms with Gasteiger partial charge < -0.3 is 5.11 Å². The SMILES string of the molecule is CCC1(CO)CCN(S(=O)(=O)c2cc(F)c(C)cc2F)CC1. The van der Waals surface area contributed by atoms with E-state index in [9.17, 15) is 22.3 Å². The predicted molar refractivity (Wildman–Crippen MR) is 78.9 cm³/mol. The minimum atomic E-state index is -4.06. The van der Waals surface area contributed by atoms with Crippen LogP contribution in [0.5, 0.6) is 0 Å². The van der Waals surface area contributed by atoms with Gasteiger partial charge in [0.1, 0.15) is 16.5 Å². The largest absolute Gasteiger partial charge is 0.396 e. The maximum Gasteiger partial charge on any atom is 0.246 e. The van der Waals surface area contributed by atoms with Gasteiger partial charge in [0.05, 0.1) is 0 Å². The van der Waals surface area contributed by atoms with Crippen LogP contribution in [0.1, 0.15) is 31.7 Å². The van der Waals surface area contributed by atoms with Crippen molar-refractivity contribution in [2.24, 2.45) is 5.41 Å². The lowest BCUT2D eigenvalue weighted by atomic mass is 9.77. The Labute approximate surface area is 129 Å². The number of sulfonamides is 1. The smallest absolute Gasteiger partial charge is 0.246 e. The maximum atomic E-state index is 14.0. The second kappa shape index (κ2) is 6.22. The lowest BCUT2D eigenvalue weighted by Gasteiger charge is -2.39. The molecule has 0 bridgehead atoms. The van der Waals surface area contributed by atoms with Gasteiger partial charge in [-0.2, -0.15) is 4.31 Å². The van der Waals surface area contributed by atoms with Gasteiger partial charge in [-0.1, -0.05) is 6.92 Å². The normalized spacial score (nSPS) is 19.3. The number of halogens is 2. The minimum absolute atomic E-state index is 0.00487. The van der Waals surface area contributed by atoms with E-state index in [0.717, 1.165) is 18.6 Å². The molecular weight excluding hydrogens is 312 g/mol. The third-order valence-corrected chi connectivity index (χ3v) is 6.61. The van der Waals surface area contributed by atoms with Crippen LogP contribution >= 0.6 is 0 Å². The maximum absolute atomic E-state index is 14.0. The summed E-state index contributed by atoms with van der Waals surface area (Å²) >= 11 is 0. The molecule has 1 aliphatic heterocycles. The molecule has 7 heteroatoms. The van der Waals surface area contributed by atoms with Crippen LogP contribution in [0.2, 0.25) is 0 Å². The first-order chi connectivity index (χ1) is 10.3. The molecule has 0 spiro atoms. The molecule has 1 aromatic rings. The van der Waals surface area contributed by atoms with Gasteiger partial charge in [-0.3, -0.25) is 0 Å². The van der Waals surface area contributed by atoms with Crippen molar-refractivity contribution in [3.05, 3.63) is 29.3 Å². The monoisotopic (exact) mass is 333 g/mol. The first-order valence-corrected chi connectivity index (χ1v) is 8.76. The summed E-state index contributed by atoms with van der Waals surface area (Å²) in [5.74, 6) is -1.68. The Morgan fingerprint density at radius 2 is 1.82 bits per heavy atom. The van der Waals surface area contributed by atoms with E-state index in [0.29, 0.717) is 12.8 Å². The number of aliphatic hydroxyl groups is 1. The van der Waals surface area contributed by atoms with Crippen LogP contribution in [0.15, 0.2) is 17.0 Å². The fraction of sp³-hybridized carbons (Fsp3) is 0.600. The summed E-state index contributed by atoms with van der Waals surface area (Å²) in [6.45, 7) is 3.74. The standard InChI is InChI=1S/C15H21F2NO3S/c1-3-15(10-19)4-6-18(7-5-15)22(20,21)14-9-12(16)11(2)8-13(14)17/h8-9,19H,3-7,10H2,1-2H3. The van der Waals surface area contributed by atoms with Gasteiger partial charge in [-0.15, -0.1) is 0 Å². The average molecular weight is 333 g/mol. The number of benzene rings is 1. The molecule has 0 radical (unpaired) electrons. The lowest BCUT2D eigenvalue weighted by Crippen LogP contribution is -2.44. The van der Waals surface area contributed by atoms with Crippen molar-refractivity contribution in [1.82, 2.24) is 4.31 Å². The number of nitrogens with zero attached hydrogens (tertiary/aromatic N) is 1. The van der Waals surface area contributed by atoms with Crippen LogP contribution in [-0.2, 0) is 10.0 Å². The van der Waals surface area contributed by atoms with E-state index in [1.165, 1.54) is 11.2 Å². The first-order valence-electron chi connectivity index (χ1n) is 7.32. The highest BCUT2D eigenvalue weighted by atomic mass is 32.2. The van der Waals surface area contributed by atoms with E-state index in [1.807, 2.05) is 6.92 Å². The quantitative estimate of drug-likeness (QED) is 0.921. The van der Waals surface area contributed by atoms with Crippen LogP contribution in [0.3, 0.4) is 0 Å². The Kier molecular flexibility index (Phi) is 4.89. The Bertz CT molecular complexity index is 647. The molecule has 1 fully saturated rings. The highest BCUT2D eigenvalue weighted by molar-refractivity contribution is 7.89. The summed E-state index contributed by atoms with van der Waals surface area (Å²) in [6.07, 6.45) is 1.77. The zero-order chi connectivity index (χ0) is 16.5. The number of aryl methyl sites for hydroxylation is 1. The molecule has 0 saturated carbocycles. The molecule has 0 amide bonds. The van der Waals surface area contributed by atoms with Gasteiger partial charge in [0, 0.05) is 19.7 Å². The van der Waals surface area contributed by atoms with Crippen LogP contribution < -0.4 is 0 Å². The third kappa shape index (κ3) is 3.02. The molecule has 1 heterocycles. The van der Waals surface area contributed by atoms with Gasteiger partial charge in [0.15, 0.2) is 0 Å². The zero-order valence-electron chi connectivity index (χ0n) is 12.8. The fourth-order valence-electron chi connectivity index (χ4n) is 2.79. The van der Waals surface area contributed by atoms with Crippen molar-refractivity contribution in [3.63, 3.8) is 0 Å². The van der Waals surface area contributed by atoms with Crippen LogP contribution in [0.4, 0.5) is 8.78 Å². The van der Waals surface area contributed by atoms with E-state index in [4.69, 9.17) is 0 Å². The van der Waals surface area contributed by atoms with E-state index in [2.05, 4.69) is 0 Å². The molecule has 1 N–H and O–H groups in total. The highest BCUT2D eigenvalue weighted by Crippen LogP contribution is 2.36. The minimum Gasteiger partial charge on any atom is -0.396 e. The molecule has 22 heavy (non-hydrogen) atoms. The van der Waals surface area contributed by atoms with Gasteiger partial charge in [0.25, 0.3) is 0 Å². The van der Waals surface area contributed by atoms with Gasteiger partial charge in [-0.05, 0) is 49.3 Å². The van der Waals surface area contributed by atoms with E-state index in [1.54, 1.807) is 0 Å². The van der Waals surface area contributed by atoms with Crippen LogP contribution in [0, 0.1) is 24.0 Å². The van der Waals surface area contributed by atoms with Gasteiger partial charge in [-0.25, -0.2) is 17.2 Å². The molecule has 1 aliphatic rings. The number of hydrogen-bond donors (Lipinski definition) is 1. The van der Waals surface area contributed by atoms with Crippen molar-refractivity contribution in [3.8, 4) is 0 Å². The van der Waals surface area contributed by atoms with Gasteiger partial charge >= 0.3 is 0 Å². The third-order valence-electron chi connectivity index (χ3n) is 4.70. The van der Waals surface area contributed by atoms with Gasteiger partial charge in [0.2, 0.25) is 10.0 Å². The summed E-state index contributed by atoms with van der Waals surface area (Å²) in [5.41, 5.74) is -0.205. The van der Waals surface area contributed by atoms with Crippen molar-refractivity contribution < 1.29 is 22.3 Å². The van der Waals surface area contributed by atoms with Crippen molar-refractivity contribution in [2.45, 2.75) is 38.0 Å². The van der Waals surface area contributed by atoms with Crippen LogP contribution in [-0.4, -0.2) is 37.5 Å². The summed E-state index contributed by atoms with van der Waals surface area (Å²) < 4.78 is 53.8. The van der Waals surface area contributed by atoms with Crippen LogP contribution in [0.25, 0.3) is 0 Å². The van der Waals surface area contributed by atoms with E-state index < -0.39 is 26.6 Å². The molecule has 124 valence electrons.